The topological polar surface area (TPSA) is 32.8 Å². The van der Waals surface area contributed by atoms with Crippen LogP contribution in [0.15, 0.2) is 0 Å². The third-order valence-electron chi connectivity index (χ3n) is 9.47. The fraction of sp³-hybridized carbons (Fsp3) is 1.00. The molecule has 5 fully saturated rings. The highest BCUT2D eigenvalue weighted by molar-refractivity contribution is 5.14. The molecule has 2 heteroatoms. The van der Waals surface area contributed by atoms with Crippen LogP contribution in [0.25, 0.3) is 0 Å². The van der Waals surface area contributed by atoms with Gasteiger partial charge in [0.05, 0.1) is 17.8 Å². The van der Waals surface area contributed by atoms with E-state index in [1.807, 2.05) is 0 Å². The predicted octanol–water partition coefficient (Wildman–Crippen LogP) is 4.16. The van der Waals surface area contributed by atoms with Gasteiger partial charge in [-0.25, -0.2) is 0 Å². The summed E-state index contributed by atoms with van der Waals surface area (Å²) in [6.07, 6.45) is 11.6. The van der Waals surface area contributed by atoms with Crippen molar-refractivity contribution in [3.63, 3.8) is 0 Å². The Balaban J connectivity index is 1.48. The molecule has 9 atom stereocenters. The first-order chi connectivity index (χ1) is 10.4. The Labute approximate surface area is 135 Å². The van der Waals surface area contributed by atoms with Crippen LogP contribution in [-0.4, -0.2) is 22.9 Å². The van der Waals surface area contributed by atoms with Crippen LogP contribution < -0.4 is 0 Å². The third-order valence-corrected chi connectivity index (χ3v) is 9.47. The van der Waals surface area contributed by atoms with Gasteiger partial charge in [0.15, 0.2) is 0 Å². The molecular weight excluding hydrogens is 272 g/mol. The lowest BCUT2D eigenvalue weighted by atomic mass is 9.44. The van der Waals surface area contributed by atoms with Crippen molar-refractivity contribution in [2.45, 2.75) is 89.9 Å². The van der Waals surface area contributed by atoms with E-state index in [0.29, 0.717) is 17.6 Å². The highest BCUT2D eigenvalue weighted by atomic mass is 16.6. The summed E-state index contributed by atoms with van der Waals surface area (Å²) in [4.78, 5) is 0. The maximum Gasteiger partial charge on any atom is 0.0847 e. The molecule has 0 aromatic heterocycles. The maximum absolute atomic E-state index is 11.0. The van der Waals surface area contributed by atoms with E-state index in [4.69, 9.17) is 4.74 Å². The summed E-state index contributed by atoms with van der Waals surface area (Å²) >= 11 is 0. The average Bonchev–Trinajstić information content (AvgIpc) is 3.14. The van der Waals surface area contributed by atoms with Gasteiger partial charge in [0.25, 0.3) is 0 Å². The van der Waals surface area contributed by atoms with Gasteiger partial charge in [-0.15, -0.1) is 0 Å². The van der Waals surface area contributed by atoms with Crippen LogP contribution >= 0.6 is 0 Å². The zero-order valence-corrected chi connectivity index (χ0v) is 14.5. The van der Waals surface area contributed by atoms with E-state index < -0.39 is 5.60 Å². The van der Waals surface area contributed by atoms with Crippen molar-refractivity contribution in [1.29, 1.82) is 0 Å². The van der Waals surface area contributed by atoms with Gasteiger partial charge < -0.3 is 9.84 Å². The van der Waals surface area contributed by atoms with Crippen LogP contribution in [0.1, 0.15) is 72.1 Å². The summed E-state index contributed by atoms with van der Waals surface area (Å²) in [7, 11) is 0. The molecule has 1 saturated heterocycles. The number of rotatable bonds is 0. The normalized spacial score (nSPS) is 66.0. The van der Waals surface area contributed by atoms with Gasteiger partial charge in [0.1, 0.15) is 0 Å². The van der Waals surface area contributed by atoms with E-state index in [2.05, 4.69) is 20.8 Å². The average molecular weight is 304 g/mol. The number of hydrogen-bond donors (Lipinski definition) is 1. The smallest absolute Gasteiger partial charge is 0.0847 e. The van der Waals surface area contributed by atoms with Crippen molar-refractivity contribution in [1.82, 2.24) is 0 Å². The molecule has 1 N–H and O–H groups in total. The number of ether oxygens (including phenoxy) is 1. The molecule has 5 rings (SSSR count). The summed E-state index contributed by atoms with van der Waals surface area (Å²) in [5.41, 5.74) is 0.263. The highest BCUT2D eigenvalue weighted by Gasteiger charge is 2.65. The fourth-order valence-electron chi connectivity index (χ4n) is 7.76. The monoisotopic (exact) mass is 304 g/mol. The lowest BCUT2D eigenvalue weighted by Gasteiger charge is -2.60. The molecule has 124 valence electrons. The molecule has 0 aromatic rings. The second-order valence-electron chi connectivity index (χ2n) is 10.1. The lowest BCUT2D eigenvalue weighted by molar-refractivity contribution is -0.143. The molecule has 1 aliphatic heterocycles. The van der Waals surface area contributed by atoms with E-state index in [0.717, 1.165) is 30.1 Å². The van der Waals surface area contributed by atoms with Crippen LogP contribution in [0, 0.1) is 34.5 Å². The quantitative estimate of drug-likeness (QED) is 0.682. The van der Waals surface area contributed by atoms with Crippen molar-refractivity contribution in [2.75, 3.05) is 0 Å². The molecule has 0 radical (unpaired) electrons. The van der Waals surface area contributed by atoms with Gasteiger partial charge >= 0.3 is 0 Å². The van der Waals surface area contributed by atoms with Crippen LogP contribution in [0.2, 0.25) is 0 Å². The first-order valence-electron chi connectivity index (χ1n) is 9.73. The maximum atomic E-state index is 11.0. The molecule has 0 amide bonds. The van der Waals surface area contributed by atoms with Gasteiger partial charge in [0, 0.05) is 0 Å². The first kappa shape index (κ1) is 14.3. The van der Waals surface area contributed by atoms with Crippen LogP contribution in [0.4, 0.5) is 0 Å². The van der Waals surface area contributed by atoms with E-state index in [9.17, 15) is 5.11 Å². The molecule has 0 unspecified atom stereocenters. The van der Waals surface area contributed by atoms with Crippen LogP contribution in [0.3, 0.4) is 0 Å². The van der Waals surface area contributed by atoms with Gasteiger partial charge in [-0.05, 0) is 92.8 Å². The summed E-state index contributed by atoms with van der Waals surface area (Å²) in [5, 5.41) is 11.0. The minimum atomic E-state index is -0.433. The largest absolute Gasteiger partial charge is 0.390 e. The Morgan fingerprint density at radius 3 is 2.50 bits per heavy atom. The Hall–Kier alpha value is -0.0800. The molecule has 0 spiro atoms. The van der Waals surface area contributed by atoms with Gasteiger partial charge in [-0.2, -0.15) is 0 Å². The second kappa shape index (κ2) is 4.11. The number of aliphatic hydroxyl groups is 1. The van der Waals surface area contributed by atoms with E-state index >= 15 is 0 Å². The fourth-order valence-corrected chi connectivity index (χ4v) is 7.76. The van der Waals surface area contributed by atoms with Gasteiger partial charge in [-0.3, -0.25) is 0 Å². The zero-order chi connectivity index (χ0) is 15.3. The molecule has 0 bridgehead atoms. The molecule has 2 nitrogen and oxygen atoms in total. The first-order valence-corrected chi connectivity index (χ1v) is 9.73. The molecule has 22 heavy (non-hydrogen) atoms. The van der Waals surface area contributed by atoms with Crippen molar-refractivity contribution in [3.8, 4) is 0 Å². The molecule has 0 aromatic carbocycles. The Bertz CT molecular complexity index is 500. The minimum absolute atomic E-state index is 0.171. The number of epoxide rings is 1. The van der Waals surface area contributed by atoms with Crippen molar-refractivity contribution >= 4 is 0 Å². The SMILES string of the molecule is C[C@]12C[C@H]3O[C@H]3C[C@@H]1CC[C@@H]1[C@@H]2CC[C@@]2(C)[C@H]1CC[C@]2(C)O. The van der Waals surface area contributed by atoms with Gasteiger partial charge in [0.2, 0.25) is 0 Å². The Morgan fingerprint density at radius 1 is 0.909 bits per heavy atom. The summed E-state index contributed by atoms with van der Waals surface area (Å²) in [6, 6.07) is 0. The summed E-state index contributed by atoms with van der Waals surface area (Å²) < 4.78 is 5.91. The highest BCUT2D eigenvalue weighted by Crippen LogP contribution is 2.69. The van der Waals surface area contributed by atoms with Crippen LogP contribution in [-0.2, 0) is 4.74 Å². The van der Waals surface area contributed by atoms with E-state index in [-0.39, 0.29) is 5.41 Å². The standard InChI is InChI=1S/C20H32O2/c1-18-11-17-16(22-17)10-12(18)4-5-13-14(18)6-8-19(2)15(13)7-9-20(19,3)21/h12-17,21H,4-11H2,1-3H3/t12-,13+,14-,15-,16-,17+,18-,19-,20-/m0/s1. The lowest BCUT2D eigenvalue weighted by Crippen LogP contribution is -2.56. The van der Waals surface area contributed by atoms with Crippen molar-refractivity contribution < 1.29 is 9.84 Å². The predicted molar refractivity (Wildman–Crippen MR) is 86.4 cm³/mol. The van der Waals surface area contributed by atoms with E-state index in [1.165, 1.54) is 44.9 Å². The molecule has 5 aliphatic rings. The minimum Gasteiger partial charge on any atom is -0.390 e. The van der Waals surface area contributed by atoms with Gasteiger partial charge in [-0.1, -0.05) is 13.8 Å². The molecule has 1 heterocycles. The van der Waals surface area contributed by atoms with E-state index in [1.54, 1.807) is 0 Å². The second-order valence-corrected chi connectivity index (χ2v) is 10.1. The van der Waals surface area contributed by atoms with Crippen molar-refractivity contribution in [2.24, 2.45) is 34.5 Å². The molecule has 4 aliphatic carbocycles. The number of fused-ring (bicyclic) bond motifs is 6. The van der Waals surface area contributed by atoms with Crippen LogP contribution in [0.5, 0.6) is 0 Å². The summed E-state index contributed by atoms with van der Waals surface area (Å²) in [5.74, 6) is 3.42. The molecule has 4 saturated carbocycles. The zero-order valence-electron chi connectivity index (χ0n) is 14.5. The summed E-state index contributed by atoms with van der Waals surface area (Å²) in [6.45, 7) is 7.11. The van der Waals surface area contributed by atoms with Crippen molar-refractivity contribution in [3.05, 3.63) is 0 Å². The third kappa shape index (κ3) is 1.59. The molecular formula is C20H32O2. The Kier molecular flexibility index (Phi) is 2.67. The number of hydrogen-bond acceptors (Lipinski definition) is 2. The Morgan fingerprint density at radius 2 is 1.68 bits per heavy atom.